The number of fused-ring (bicyclic) bond motifs is 12. The summed E-state index contributed by atoms with van der Waals surface area (Å²) < 4.78 is 0. The largest absolute Gasteiger partial charge is 0.252 e. The maximum Gasteiger partial charge on any atom is 0.0971 e. The highest BCUT2D eigenvalue weighted by atomic mass is 14.8. The second-order valence-electron chi connectivity index (χ2n) is 9.05. The molecule has 0 amide bonds. The summed E-state index contributed by atoms with van der Waals surface area (Å²) in [6, 6.07) is 30.0. The molecule has 6 aromatic carbocycles. The molecule has 0 spiro atoms. The fourth-order valence-electron chi connectivity index (χ4n) is 5.81. The zero-order chi connectivity index (χ0) is 23.6. The number of benzene rings is 6. The molecule has 4 nitrogen and oxygen atoms in total. The number of hydrogen-bond acceptors (Lipinski definition) is 4. The quantitative estimate of drug-likeness (QED) is 0.235. The van der Waals surface area contributed by atoms with E-state index in [4.69, 9.17) is 19.9 Å². The molecular formula is C32H18N4. The van der Waals surface area contributed by atoms with Gasteiger partial charge >= 0.3 is 0 Å². The maximum atomic E-state index is 4.77. The van der Waals surface area contributed by atoms with Crippen molar-refractivity contribution in [1.82, 2.24) is 19.9 Å². The van der Waals surface area contributed by atoms with Gasteiger partial charge in [-0.1, -0.05) is 84.9 Å². The monoisotopic (exact) mass is 458 g/mol. The van der Waals surface area contributed by atoms with Gasteiger partial charge in [-0.3, -0.25) is 19.9 Å². The number of nitrogens with zero attached hydrogens (tertiary/aromatic N) is 4. The molecule has 0 unspecified atom stereocenters. The Labute approximate surface area is 205 Å². The Hall–Kier alpha value is -4.96. The molecule has 0 N–H and O–H groups in total. The van der Waals surface area contributed by atoms with Gasteiger partial charge in [-0.05, 0) is 32.7 Å². The third kappa shape index (κ3) is 2.53. The highest BCUT2D eigenvalue weighted by molar-refractivity contribution is 6.31. The molecule has 36 heavy (non-hydrogen) atoms. The standard InChI is InChI=1S/C32H18N4/c1-3-9-23-21(7-1)27-19(11-5-13-25(27)31-29(23)33-15-17-35-31)20-12-6-14-26-28(20)22-8-2-4-10-24(22)30-32(26)36-18-16-34-30/h1-18H. The zero-order valence-electron chi connectivity index (χ0n) is 19.2. The van der Waals surface area contributed by atoms with Crippen LogP contribution in [0.2, 0.25) is 0 Å². The molecule has 8 aromatic rings. The van der Waals surface area contributed by atoms with Crippen LogP contribution in [-0.2, 0) is 0 Å². The van der Waals surface area contributed by atoms with Crippen LogP contribution in [0.5, 0.6) is 0 Å². The van der Waals surface area contributed by atoms with E-state index in [-0.39, 0.29) is 0 Å². The first-order chi connectivity index (χ1) is 17.9. The van der Waals surface area contributed by atoms with E-state index in [1.807, 2.05) is 0 Å². The fourth-order valence-corrected chi connectivity index (χ4v) is 5.81. The summed E-state index contributed by atoms with van der Waals surface area (Å²) in [7, 11) is 0. The van der Waals surface area contributed by atoms with Gasteiger partial charge in [-0.15, -0.1) is 0 Å². The Bertz CT molecular complexity index is 1920. The summed E-state index contributed by atoms with van der Waals surface area (Å²) in [5, 5.41) is 9.18. The molecule has 8 rings (SSSR count). The number of rotatable bonds is 1. The van der Waals surface area contributed by atoms with Crippen LogP contribution in [0.1, 0.15) is 0 Å². The van der Waals surface area contributed by atoms with Gasteiger partial charge in [0.2, 0.25) is 0 Å². The molecule has 0 aliphatic rings. The van der Waals surface area contributed by atoms with Crippen molar-refractivity contribution < 1.29 is 0 Å². The minimum Gasteiger partial charge on any atom is -0.252 e. The average Bonchev–Trinajstić information content (AvgIpc) is 2.97. The first-order valence-electron chi connectivity index (χ1n) is 12.0. The predicted molar refractivity (Wildman–Crippen MR) is 148 cm³/mol. The van der Waals surface area contributed by atoms with Crippen LogP contribution in [0.3, 0.4) is 0 Å². The van der Waals surface area contributed by atoms with Crippen molar-refractivity contribution >= 4 is 65.2 Å². The van der Waals surface area contributed by atoms with Gasteiger partial charge in [-0.25, -0.2) is 0 Å². The van der Waals surface area contributed by atoms with E-state index in [0.717, 1.165) is 43.6 Å². The molecule has 2 aromatic heterocycles. The van der Waals surface area contributed by atoms with E-state index in [2.05, 4.69) is 84.9 Å². The Morgan fingerprint density at radius 1 is 0.306 bits per heavy atom. The van der Waals surface area contributed by atoms with E-state index in [1.54, 1.807) is 24.8 Å². The van der Waals surface area contributed by atoms with E-state index in [9.17, 15) is 0 Å². The minimum absolute atomic E-state index is 0.925. The molecule has 0 atom stereocenters. The number of aromatic nitrogens is 4. The van der Waals surface area contributed by atoms with Crippen LogP contribution in [0.4, 0.5) is 0 Å². The van der Waals surface area contributed by atoms with E-state index in [0.29, 0.717) is 0 Å². The molecule has 0 saturated carbocycles. The fraction of sp³-hybridized carbons (Fsp3) is 0. The third-order valence-corrected chi connectivity index (χ3v) is 7.23. The lowest BCUT2D eigenvalue weighted by Crippen LogP contribution is -1.93. The topological polar surface area (TPSA) is 51.6 Å². The Morgan fingerprint density at radius 2 is 0.639 bits per heavy atom. The molecule has 0 fully saturated rings. The van der Waals surface area contributed by atoms with Crippen LogP contribution in [0.15, 0.2) is 110 Å². The molecular weight excluding hydrogens is 440 g/mol. The first kappa shape index (κ1) is 19.4. The summed E-state index contributed by atoms with van der Waals surface area (Å²) in [6.07, 6.45) is 7.10. The highest BCUT2D eigenvalue weighted by Gasteiger charge is 2.18. The smallest absolute Gasteiger partial charge is 0.0971 e. The molecule has 0 aliphatic heterocycles. The average molecular weight is 459 g/mol. The minimum atomic E-state index is 0.925. The molecule has 166 valence electrons. The van der Waals surface area contributed by atoms with Gasteiger partial charge in [0.1, 0.15) is 0 Å². The van der Waals surface area contributed by atoms with Crippen molar-refractivity contribution in [3.8, 4) is 11.1 Å². The van der Waals surface area contributed by atoms with Crippen molar-refractivity contribution in [3.63, 3.8) is 0 Å². The van der Waals surface area contributed by atoms with E-state index >= 15 is 0 Å². The van der Waals surface area contributed by atoms with Gasteiger partial charge in [0.05, 0.1) is 22.1 Å². The van der Waals surface area contributed by atoms with E-state index < -0.39 is 0 Å². The van der Waals surface area contributed by atoms with Crippen molar-refractivity contribution in [2.24, 2.45) is 0 Å². The molecule has 0 aliphatic carbocycles. The van der Waals surface area contributed by atoms with Gasteiger partial charge in [0.15, 0.2) is 0 Å². The van der Waals surface area contributed by atoms with Crippen LogP contribution >= 0.6 is 0 Å². The lowest BCUT2D eigenvalue weighted by molar-refractivity contribution is 1.31. The Morgan fingerprint density at radius 3 is 1.06 bits per heavy atom. The maximum absolute atomic E-state index is 4.77. The molecule has 0 radical (unpaired) electrons. The predicted octanol–water partition coefficient (Wildman–Crippen LogP) is 7.85. The van der Waals surface area contributed by atoms with Gasteiger partial charge in [0, 0.05) is 46.3 Å². The summed E-state index contributed by atoms with van der Waals surface area (Å²) >= 11 is 0. The number of hydrogen-bond donors (Lipinski definition) is 0. The van der Waals surface area contributed by atoms with Crippen molar-refractivity contribution in [2.75, 3.05) is 0 Å². The SMILES string of the molecule is c1ccc2c(c1)c1nccnc1c1cccc(-c3cccc4c5nccnc5c5ccccc5c34)c21. The van der Waals surface area contributed by atoms with Gasteiger partial charge in [-0.2, -0.15) is 0 Å². The van der Waals surface area contributed by atoms with Crippen molar-refractivity contribution in [2.45, 2.75) is 0 Å². The first-order valence-corrected chi connectivity index (χ1v) is 12.0. The second kappa shape index (κ2) is 7.27. The van der Waals surface area contributed by atoms with Crippen LogP contribution in [0.25, 0.3) is 76.3 Å². The molecule has 2 heterocycles. The second-order valence-corrected chi connectivity index (χ2v) is 9.05. The van der Waals surface area contributed by atoms with Gasteiger partial charge < -0.3 is 0 Å². The normalized spacial score (nSPS) is 11.9. The lowest BCUT2D eigenvalue weighted by atomic mass is 9.88. The van der Waals surface area contributed by atoms with Crippen LogP contribution < -0.4 is 0 Å². The summed E-state index contributed by atoms with van der Waals surface area (Å²) in [5.41, 5.74) is 6.07. The Kier molecular flexibility index (Phi) is 3.91. The third-order valence-electron chi connectivity index (χ3n) is 7.23. The summed E-state index contributed by atoms with van der Waals surface area (Å²) in [6.45, 7) is 0. The summed E-state index contributed by atoms with van der Waals surface area (Å²) in [5.74, 6) is 0. The molecule has 0 saturated heterocycles. The van der Waals surface area contributed by atoms with Crippen molar-refractivity contribution in [1.29, 1.82) is 0 Å². The summed E-state index contributed by atoms with van der Waals surface area (Å²) in [4.78, 5) is 19.0. The Balaban J connectivity index is 1.64. The lowest BCUT2D eigenvalue weighted by Gasteiger charge is -2.16. The van der Waals surface area contributed by atoms with Gasteiger partial charge in [0.25, 0.3) is 0 Å². The van der Waals surface area contributed by atoms with E-state index in [1.165, 1.54) is 32.7 Å². The van der Waals surface area contributed by atoms with Crippen LogP contribution in [-0.4, -0.2) is 19.9 Å². The highest BCUT2D eigenvalue weighted by Crippen LogP contribution is 2.43. The van der Waals surface area contributed by atoms with Crippen molar-refractivity contribution in [3.05, 3.63) is 110 Å². The molecule has 4 heteroatoms. The van der Waals surface area contributed by atoms with Crippen LogP contribution in [0, 0.1) is 0 Å². The molecule has 0 bridgehead atoms. The zero-order valence-corrected chi connectivity index (χ0v) is 19.2.